The number of aromatic nitrogens is 2. The Hall–Kier alpha value is -1.82. The molecule has 5 nitrogen and oxygen atoms in total. The molecular weight excluding hydrogens is 288 g/mol. The Morgan fingerprint density at radius 1 is 1.47 bits per heavy atom. The van der Waals surface area contributed by atoms with Crippen LogP contribution in [-0.4, -0.2) is 20.6 Å². The number of imidazole rings is 1. The molecule has 0 radical (unpaired) electrons. The van der Waals surface area contributed by atoms with Crippen LogP contribution >= 0.6 is 15.9 Å². The van der Waals surface area contributed by atoms with Gasteiger partial charge in [0.05, 0.1) is 5.69 Å². The monoisotopic (exact) mass is 296 g/mol. The maximum Gasteiger partial charge on any atom is 0.354 e. The Kier molecular flexibility index (Phi) is 2.89. The van der Waals surface area contributed by atoms with Crippen molar-refractivity contribution in [1.29, 1.82) is 0 Å². The molecule has 0 saturated carbocycles. The van der Waals surface area contributed by atoms with E-state index in [1.165, 1.54) is 6.20 Å². The summed E-state index contributed by atoms with van der Waals surface area (Å²) in [6.07, 6.45) is 1.18. The smallest absolute Gasteiger partial charge is 0.354 e. The topological polar surface area (TPSA) is 75.1 Å². The van der Waals surface area contributed by atoms with Gasteiger partial charge in [-0.2, -0.15) is 0 Å². The zero-order valence-electron chi connectivity index (χ0n) is 8.90. The second kappa shape index (κ2) is 4.21. The van der Waals surface area contributed by atoms with E-state index in [4.69, 9.17) is 5.11 Å². The highest BCUT2D eigenvalue weighted by atomic mass is 79.9. The van der Waals surface area contributed by atoms with E-state index in [1.807, 2.05) is 19.1 Å². The first-order valence-corrected chi connectivity index (χ1v) is 5.60. The van der Waals surface area contributed by atoms with Crippen molar-refractivity contribution in [2.24, 2.45) is 0 Å². The summed E-state index contributed by atoms with van der Waals surface area (Å²) in [4.78, 5) is 25.0. The molecule has 0 atom stereocenters. The molecule has 0 aliphatic carbocycles. The third-order valence-electron chi connectivity index (χ3n) is 2.34. The summed E-state index contributed by atoms with van der Waals surface area (Å²) in [5.41, 5.74) is 0.937. The number of aromatic carboxylic acids is 1. The van der Waals surface area contributed by atoms with Crippen molar-refractivity contribution in [3.8, 4) is 5.69 Å². The predicted octanol–water partition coefficient (Wildman–Crippen LogP) is 1.93. The second-order valence-electron chi connectivity index (χ2n) is 3.57. The number of aromatic amines is 1. The Labute approximate surface area is 105 Å². The molecule has 0 amide bonds. The molecule has 0 unspecified atom stereocenters. The van der Waals surface area contributed by atoms with Crippen LogP contribution in [0.3, 0.4) is 0 Å². The molecule has 2 N–H and O–H groups in total. The van der Waals surface area contributed by atoms with E-state index in [2.05, 4.69) is 20.9 Å². The lowest BCUT2D eigenvalue weighted by atomic mass is 10.2. The SMILES string of the molecule is Cc1ccc(-n2c(C(=O)O)c[nH]c2=O)c(Br)c1. The van der Waals surface area contributed by atoms with Gasteiger partial charge in [0.1, 0.15) is 0 Å². The van der Waals surface area contributed by atoms with E-state index in [-0.39, 0.29) is 5.69 Å². The lowest BCUT2D eigenvalue weighted by Crippen LogP contribution is -2.19. The standard InChI is InChI=1S/C11H9BrN2O3/c1-6-2-3-8(7(12)4-6)14-9(10(15)16)5-13-11(14)17/h2-5H,1H3,(H,13,17)(H,15,16). The van der Waals surface area contributed by atoms with E-state index in [1.54, 1.807) is 6.07 Å². The largest absolute Gasteiger partial charge is 0.477 e. The maximum atomic E-state index is 11.6. The molecule has 6 heteroatoms. The van der Waals surface area contributed by atoms with Crippen LogP contribution in [-0.2, 0) is 0 Å². The van der Waals surface area contributed by atoms with Crippen LogP contribution in [0.15, 0.2) is 33.7 Å². The van der Waals surface area contributed by atoms with Crippen molar-refractivity contribution in [3.05, 3.63) is 50.6 Å². The van der Waals surface area contributed by atoms with Crippen molar-refractivity contribution >= 4 is 21.9 Å². The van der Waals surface area contributed by atoms with Gasteiger partial charge in [-0.25, -0.2) is 9.59 Å². The molecule has 17 heavy (non-hydrogen) atoms. The summed E-state index contributed by atoms with van der Waals surface area (Å²) < 4.78 is 1.79. The minimum absolute atomic E-state index is 0.0976. The third-order valence-corrected chi connectivity index (χ3v) is 2.97. The van der Waals surface area contributed by atoms with Crippen LogP contribution in [0.4, 0.5) is 0 Å². The molecule has 0 fully saturated rings. The number of nitrogens with zero attached hydrogens (tertiary/aromatic N) is 1. The van der Waals surface area contributed by atoms with Crippen molar-refractivity contribution < 1.29 is 9.90 Å². The quantitative estimate of drug-likeness (QED) is 0.889. The molecule has 0 spiro atoms. The summed E-state index contributed by atoms with van der Waals surface area (Å²) in [5.74, 6) is -1.16. The van der Waals surface area contributed by atoms with Crippen molar-refractivity contribution in [3.63, 3.8) is 0 Å². The van der Waals surface area contributed by atoms with Crippen molar-refractivity contribution in [2.45, 2.75) is 6.92 Å². The van der Waals surface area contributed by atoms with Crippen LogP contribution in [0, 0.1) is 6.92 Å². The zero-order valence-corrected chi connectivity index (χ0v) is 10.5. The molecule has 0 aliphatic rings. The number of aryl methyl sites for hydroxylation is 1. The summed E-state index contributed by atoms with van der Waals surface area (Å²) in [7, 11) is 0. The van der Waals surface area contributed by atoms with Gasteiger partial charge in [0.2, 0.25) is 0 Å². The number of carbonyl (C=O) groups is 1. The second-order valence-corrected chi connectivity index (χ2v) is 4.43. The summed E-state index contributed by atoms with van der Waals surface area (Å²) in [5, 5.41) is 8.99. The van der Waals surface area contributed by atoms with Gasteiger partial charge in [0, 0.05) is 10.7 Å². The highest BCUT2D eigenvalue weighted by Gasteiger charge is 2.16. The molecule has 1 aromatic carbocycles. The first-order valence-electron chi connectivity index (χ1n) is 4.81. The summed E-state index contributed by atoms with van der Waals surface area (Å²) >= 11 is 3.32. The minimum Gasteiger partial charge on any atom is -0.477 e. The zero-order chi connectivity index (χ0) is 12.6. The molecule has 0 aliphatic heterocycles. The fourth-order valence-corrected chi connectivity index (χ4v) is 2.23. The van der Waals surface area contributed by atoms with Gasteiger partial charge < -0.3 is 10.1 Å². The van der Waals surface area contributed by atoms with E-state index in [9.17, 15) is 9.59 Å². The molecule has 1 aromatic heterocycles. The Bertz CT molecular complexity index is 642. The van der Waals surface area contributed by atoms with Gasteiger partial charge in [-0.3, -0.25) is 4.57 Å². The fraction of sp³-hybridized carbons (Fsp3) is 0.0909. The van der Waals surface area contributed by atoms with Crippen LogP contribution in [0.2, 0.25) is 0 Å². The first-order chi connectivity index (χ1) is 8.00. The van der Waals surface area contributed by atoms with Crippen LogP contribution in [0.25, 0.3) is 5.69 Å². The number of halogens is 1. The number of nitrogens with one attached hydrogen (secondary N) is 1. The van der Waals surface area contributed by atoms with E-state index in [0.29, 0.717) is 10.2 Å². The molecule has 2 aromatic rings. The van der Waals surface area contributed by atoms with Crippen molar-refractivity contribution in [2.75, 3.05) is 0 Å². The Balaban J connectivity index is 2.72. The van der Waals surface area contributed by atoms with E-state index < -0.39 is 11.7 Å². The molecule has 2 rings (SSSR count). The van der Waals surface area contributed by atoms with Crippen molar-refractivity contribution in [1.82, 2.24) is 9.55 Å². The van der Waals surface area contributed by atoms with Crippen LogP contribution < -0.4 is 5.69 Å². The van der Waals surface area contributed by atoms with Gasteiger partial charge in [-0.05, 0) is 40.5 Å². The van der Waals surface area contributed by atoms with E-state index >= 15 is 0 Å². The number of carboxylic acid groups (broad SMARTS) is 1. The normalized spacial score (nSPS) is 10.5. The molecular formula is C11H9BrN2O3. The lowest BCUT2D eigenvalue weighted by molar-refractivity contribution is 0.0688. The predicted molar refractivity (Wildman–Crippen MR) is 65.8 cm³/mol. The average molecular weight is 297 g/mol. The van der Waals surface area contributed by atoms with Gasteiger partial charge in [0.25, 0.3) is 0 Å². The first kappa shape index (κ1) is 11.7. The number of carboxylic acids is 1. The highest BCUT2D eigenvalue weighted by Crippen LogP contribution is 2.22. The molecule has 0 bridgehead atoms. The molecule has 1 heterocycles. The summed E-state index contributed by atoms with van der Waals surface area (Å²) in [6, 6.07) is 5.33. The lowest BCUT2D eigenvalue weighted by Gasteiger charge is -2.07. The molecule has 88 valence electrons. The summed E-state index contributed by atoms with van der Waals surface area (Å²) in [6.45, 7) is 1.91. The molecule has 0 saturated heterocycles. The van der Waals surface area contributed by atoms with Crippen LogP contribution in [0.1, 0.15) is 16.1 Å². The van der Waals surface area contributed by atoms with Gasteiger partial charge in [-0.1, -0.05) is 6.07 Å². The maximum absolute atomic E-state index is 11.6. The number of rotatable bonds is 2. The van der Waals surface area contributed by atoms with Gasteiger partial charge in [-0.15, -0.1) is 0 Å². The number of benzene rings is 1. The highest BCUT2D eigenvalue weighted by molar-refractivity contribution is 9.10. The number of hydrogen-bond acceptors (Lipinski definition) is 2. The van der Waals surface area contributed by atoms with Gasteiger partial charge in [0.15, 0.2) is 5.69 Å². The third kappa shape index (κ3) is 2.03. The minimum atomic E-state index is -1.16. The Morgan fingerprint density at radius 2 is 2.18 bits per heavy atom. The van der Waals surface area contributed by atoms with E-state index in [0.717, 1.165) is 10.1 Å². The number of hydrogen-bond donors (Lipinski definition) is 2. The van der Waals surface area contributed by atoms with Crippen LogP contribution in [0.5, 0.6) is 0 Å². The average Bonchev–Trinajstić information content (AvgIpc) is 2.60. The van der Waals surface area contributed by atoms with Gasteiger partial charge >= 0.3 is 11.7 Å². The Morgan fingerprint density at radius 3 is 2.76 bits per heavy atom. The number of H-pyrrole nitrogens is 1. The fourth-order valence-electron chi connectivity index (χ4n) is 1.56.